The molecule has 0 N–H and O–H groups in total. The molecule has 2 aromatic rings. The zero-order valence-corrected chi connectivity index (χ0v) is 12.6. The van der Waals surface area contributed by atoms with Crippen molar-refractivity contribution in [2.75, 3.05) is 0 Å². The highest BCUT2D eigenvalue weighted by molar-refractivity contribution is 5.52. The average Bonchev–Trinajstić information content (AvgIpc) is 2.68. The van der Waals surface area contributed by atoms with E-state index in [4.69, 9.17) is 0 Å². The Labute approximate surface area is 124 Å². The van der Waals surface area contributed by atoms with Crippen molar-refractivity contribution in [2.45, 2.75) is 38.0 Å². The number of nitro benzene ring substituents is 1. The van der Waals surface area contributed by atoms with Crippen molar-refractivity contribution in [3.05, 3.63) is 75.3 Å². The topological polar surface area (TPSA) is 43.1 Å². The molecule has 2 aromatic carbocycles. The van der Waals surface area contributed by atoms with Crippen LogP contribution in [0.2, 0.25) is 0 Å². The summed E-state index contributed by atoms with van der Waals surface area (Å²) in [5.74, 6) is 0. The Kier molecular flexibility index (Phi) is 2.90. The molecular formula is C18H19NO2. The molecule has 21 heavy (non-hydrogen) atoms. The van der Waals surface area contributed by atoms with Gasteiger partial charge in [0, 0.05) is 17.5 Å². The molecule has 0 saturated heterocycles. The number of hydrogen-bond donors (Lipinski definition) is 0. The van der Waals surface area contributed by atoms with Crippen LogP contribution in [0.4, 0.5) is 5.69 Å². The molecule has 3 heteroatoms. The maximum absolute atomic E-state index is 10.8. The lowest BCUT2D eigenvalue weighted by Crippen LogP contribution is -2.23. The van der Waals surface area contributed by atoms with E-state index in [0.29, 0.717) is 0 Å². The summed E-state index contributed by atoms with van der Waals surface area (Å²) in [4.78, 5) is 10.5. The second-order valence-electron chi connectivity index (χ2n) is 6.74. The highest BCUT2D eigenvalue weighted by Crippen LogP contribution is 2.52. The Morgan fingerprint density at radius 3 is 2.10 bits per heavy atom. The van der Waals surface area contributed by atoms with Gasteiger partial charge < -0.3 is 0 Å². The van der Waals surface area contributed by atoms with Gasteiger partial charge in [-0.15, -0.1) is 0 Å². The van der Waals surface area contributed by atoms with E-state index in [1.54, 1.807) is 12.1 Å². The lowest BCUT2D eigenvalue weighted by molar-refractivity contribution is -0.384. The summed E-state index contributed by atoms with van der Waals surface area (Å²) in [7, 11) is 0. The first-order chi connectivity index (χ1) is 9.84. The van der Waals surface area contributed by atoms with Crippen molar-refractivity contribution in [1.29, 1.82) is 0 Å². The number of nitro groups is 1. The number of rotatable bonds is 2. The lowest BCUT2D eigenvalue weighted by Gasteiger charge is -2.28. The van der Waals surface area contributed by atoms with E-state index >= 15 is 0 Å². The van der Waals surface area contributed by atoms with Crippen LogP contribution in [-0.2, 0) is 10.8 Å². The monoisotopic (exact) mass is 281 g/mol. The third-order valence-electron chi connectivity index (χ3n) is 4.76. The molecule has 0 aromatic heterocycles. The van der Waals surface area contributed by atoms with Gasteiger partial charge in [-0.3, -0.25) is 10.1 Å². The van der Waals surface area contributed by atoms with Crippen LogP contribution in [0.15, 0.2) is 48.5 Å². The molecule has 3 nitrogen and oxygen atoms in total. The molecule has 0 heterocycles. The van der Waals surface area contributed by atoms with Gasteiger partial charge in [-0.2, -0.15) is 0 Å². The number of benzene rings is 2. The minimum Gasteiger partial charge on any atom is -0.258 e. The molecule has 0 radical (unpaired) electrons. The second kappa shape index (κ2) is 4.42. The Morgan fingerprint density at radius 2 is 1.52 bits per heavy atom. The molecule has 0 fully saturated rings. The van der Waals surface area contributed by atoms with Crippen LogP contribution in [0.3, 0.4) is 0 Å². The summed E-state index contributed by atoms with van der Waals surface area (Å²) in [5, 5.41) is 10.8. The van der Waals surface area contributed by atoms with Gasteiger partial charge in [0.15, 0.2) is 0 Å². The van der Waals surface area contributed by atoms with Crippen LogP contribution in [0, 0.1) is 10.1 Å². The van der Waals surface area contributed by atoms with Gasteiger partial charge in [0.25, 0.3) is 5.69 Å². The first-order valence-electron chi connectivity index (χ1n) is 7.19. The summed E-state index contributed by atoms with van der Waals surface area (Å²) in [5.41, 5.74) is 4.04. The number of nitrogens with zero attached hydrogens (tertiary/aromatic N) is 1. The van der Waals surface area contributed by atoms with Crippen LogP contribution < -0.4 is 0 Å². The molecule has 1 aliphatic rings. The third-order valence-corrected chi connectivity index (χ3v) is 4.76. The van der Waals surface area contributed by atoms with Crippen molar-refractivity contribution in [3.63, 3.8) is 0 Å². The standard InChI is InChI=1S/C18H19NO2/c1-17(2)12-18(3,16-7-5-4-6-15(16)17)13-8-10-14(11-9-13)19(20)21/h4-11H,12H2,1-3H3/t18-/m1/s1. The van der Waals surface area contributed by atoms with Gasteiger partial charge in [-0.1, -0.05) is 57.2 Å². The Balaban J connectivity index is 2.12. The summed E-state index contributed by atoms with van der Waals surface area (Å²) in [6, 6.07) is 15.6. The number of fused-ring (bicyclic) bond motifs is 1. The predicted octanol–water partition coefficient (Wildman–Crippen LogP) is 4.58. The van der Waals surface area contributed by atoms with Gasteiger partial charge in [-0.05, 0) is 28.5 Å². The van der Waals surface area contributed by atoms with Gasteiger partial charge >= 0.3 is 0 Å². The zero-order valence-electron chi connectivity index (χ0n) is 12.6. The van der Waals surface area contributed by atoms with E-state index in [2.05, 4.69) is 45.0 Å². The van der Waals surface area contributed by atoms with Crippen molar-refractivity contribution in [1.82, 2.24) is 0 Å². The molecule has 1 atom stereocenters. The molecule has 0 aliphatic heterocycles. The Bertz CT molecular complexity index is 703. The maximum Gasteiger partial charge on any atom is 0.269 e. The van der Waals surface area contributed by atoms with Crippen LogP contribution in [0.5, 0.6) is 0 Å². The summed E-state index contributed by atoms with van der Waals surface area (Å²) in [6.07, 6.45) is 1.01. The smallest absolute Gasteiger partial charge is 0.258 e. The van der Waals surface area contributed by atoms with Crippen molar-refractivity contribution in [2.24, 2.45) is 0 Å². The largest absolute Gasteiger partial charge is 0.269 e. The van der Waals surface area contributed by atoms with Gasteiger partial charge in [0.1, 0.15) is 0 Å². The summed E-state index contributed by atoms with van der Waals surface area (Å²) in [6.45, 7) is 6.77. The molecule has 0 spiro atoms. The van der Waals surface area contributed by atoms with E-state index in [9.17, 15) is 10.1 Å². The highest BCUT2D eigenvalue weighted by atomic mass is 16.6. The Morgan fingerprint density at radius 1 is 0.952 bits per heavy atom. The van der Waals surface area contributed by atoms with E-state index in [-0.39, 0.29) is 21.4 Å². The van der Waals surface area contributed by atoms with Crippen molar-refractivity contribution >= 4 is 5.69 Å². The minimum atomic E-state index is -0.349. The Hall–Kier alpha value is -2.16. The minimum absolute atomic E-state index is 0.0881. The highest BCUT2D eigenvalue weighted by Gasteiger charge is 2.45. The fourth-order valence-corrected chi connectivity index (χ4v) is 3.84. The number of hydrogen-bond acceptors (Lipinski definition) is 2. The van der Waals surface area contributed by atoms with Crippen LogP contribution in [-0.4, -0.2) is 4.92 Å². The van der Waals surface area contributed by atoms with Crippen molar-refractivity contribution in [3.8, 4) is 0 Å². The fraction of sp³-hybridized carbons (Fsp3) is 0.333. The van der Waals surface area contributed by atoms with Gasteiger partial charge in [-0.25, -0.2) is 0 Å². The zero-order chi connectivity index (χ0) is 15.3. The first kappa shape index (κ1) is 13.8. The molecule has 0 bridgehead atoms. The molecule has 1 aliphatic carbocycles. The molecule has 3 rings (SSSR count). The van der Waals surface area contributed by atoms with Gasteiger partial charge in [0.05, 0.1) is 4.92 Å². The lowest BCUT2D eigenvalue weighted by atomic mass is 9.75. The van der Waals surface area contributed by atoms with E-state index < -0.39 is 0 Å². The fourth-order valence-electron chi connectivity index (χ4n) is 3.84. The van der Waals surface area contributed by atoms with Crippen molar-refractivity contribution < 1.29 is 4.92 Å². The molecular weight excluding hydrogens is 262 g/mol. The molecule has 108 valence electrons. The predicted molar refractivity (Wildman–Crippen MR) is 83.6 cm³/mol. The van der Waals surface area contributed by atoms with E-state index in [1.165, 1.54) is 11.1 Å². The van der Waals surface area contributed by atoms with Crippen LogP contribution >= 0.6 is 0 Å². The quantitative estimate of drug-likeness (QED) is 0.597. The van der Waals surface area contributed by atoms with E-state index in [0.717, 1.165) is 12.0 Å². The SMILES string of the molecule is CC1(C)C[C@](C)(c2ccc([N+](=O)[O-])cc2)c2ccccc21. The van der Waals surface area contributed by atoms with Gasteiger partial charge in [0.2, 0.25) is 0 Å². The number of non-ortho nitro benzene ring substituents is 1. The maximum atomic E-state index is 10.8. The van der Waals surface area contributed by atoms with Crippen LogP contribution in [0.1, 0.15) is 43.9 Å². The molecule has 0 unspecified atom stereocenters. The normalized spacial score (nSPS) is 22.8. The molecule has 0 saturated carbocycles. The first-order valence-corrected chi connectivity index (χ1v) is 7.19. The second-order valence-corrected chi connectivity index (χ2v) is 6.74. The summed E-state index contributed by atoms with van der Waals surface area (Å²) < 4.78 is 0. The third kappa shape index (κ3) is 2.04. The summed E-state index contributed by atoms with van der Waals surface area (Å²) >= 11 is 0. The molecule has 0 amide bonds. The average molecular weight is 281 g/mol. The van der Waals surface area contributed by atoms with Crippen LogP contribution in [0.25, 0.3) is 0 Å². The van der Waals surface area contributed by atoms with E-state index in [1.807, 2.05) is 12.1 Å².